The molecule has 1 aromatic carbocycles. The lowest BCUT2D eigenvalue weighted by Gasteiger charge is -2.32. The van der Waals surface area contributed by atoms with Gasteiger partial charge in [0.1, 0.15) is 5.67 Å². The molecule has 1 aromatic rings. The molecule has 0 unspecified atom stereocenters. The Balaban J connectivity index is 1.99. The number of benzene rings is 1. The van der Waals surface area contributed by atoms with Gasteiger partial charge < -0.3 is 5.73 Å². The number of hydrogen-bond acceptors (Lipinski definition) is 1. The summed E-state index contributed by atoms with van der Waals surface area (Å²) in [5.74, 6) is 0. The van der Waals surface area contributed by atoms with Crippen molar-refractivity contribution in [3.63, 3.8) is 0 Å². The first-order valence-corrected chi connectivity index (χ1v) is 5.66. The summed E-state index contributed by atoms with van der Waals surface area (Å²) in [6.07, 6.45) is 3.42. The highest BCUT2D eigenvalue weighted by atomic mass is 19.1. The summed E-state index contributed by atoms with van der Waals surface area (Å²) in [6.45, 7) is 0. The van der Waals surface area contributed by atoms with Crippen molar-refractivity contribution < 1.29 is 4.39 Å². The van der Waals surface area contributed by atoms with Crippen LogP contribution in [0.1, 0.15) is 31.2 Å². The van der Waals surface area contributed by atoms with Gasteiger partial charge in [-0.2, -0.15) is 0 Å². The second kappa shape index (κ2) is 4.31. The average molecular weight is 207 g/mol. The van der Waals surface area contributed by atoms with Crippen molar-refractivity contribution >= 4 is 0 Å². The Morgan fingerprint density at radius 3 is 2.40 bits per heavy atom. The van der Waals surface area contributed by atoms with Gasteiger partial charge in [-0.15, -0.1) is 0 Å². The van der Waals surface area contributed by atoms with E-state index >= 15 is 0 Å². The van der Waals surface area contributed by atoms with E-state index in [9.17, 15) is 4.39 Å². The molecule has 82 valence electrons. The minimum absolute atomic E-state index is 0.213. The van der Waals surface area contributed by atoms with Crippen LogP contribution in [0.15, 0.2) is 30.3 Å². The molecule has 0 aliphatic heterocycles. The van der Waals surface area contributed by atoms with Gasteiger partial charge in [0.15, 0.2) is 0 Å². The van der Waals surface area contributed by atoms with Crippen LogP contribution in [0.4, 0.5) is 4.39 Å². The van der Waals surface area contributed by atoms with Crippen molar-refractivity contribution in [3.05, 3.63) is 35.9 Å². The molecule has 0 bridgehead atoms. The minimum Gasteiger partial charge on any atom is -0.328 e. The Labute approximate surface area is 90.5 Å². The van der Waals surface area contributed by atoms with E-state index in [1.807, 2.05) is 30.3 Å². The number of hydrogen-bond donors (Lipinski definition) is 1. The lowest BCUT2D eigenvalue weighted by Crippen LogP contribution is -2.37. The zero-order valence-electron chi connectivity index (χ0n) is 8.95. The quantitative estimate of drug-likeness (QED) is 0.793. The Morgan fingerprint density at radius 2 is 1.80 bits per heavy atom. The second-order valence-corrected chi connectivity index (χ2v) is 4.65. The van der Waals surface area contributed by atoms with Crippen molar-refractivity contribution in [3.8, 4) is 0 Å². The second-order valence-electron chi connectivity index (χ2n) is 4.65. The molecule has 1 aliphatic rings. The van der Waals surface area contributed by atoms with E-state index in [4.69, 9.17) is 5.73 Å². The third-order valence-corrected chi connectivity index (χ3v) is 3.29. The van der Waals surface area contributed by atoms with Crippen molar-refractivity contribution in [2.24, 2.45) is 5.73 Å². The fourth-order valence-corrected chi connectivity index (χ4v) is 2.30. The minimum atomic E-state index is -1.02. The number of alkyl halides is 1. The highest BCUT2D eigenvalue weighted by Gasteiger charge is 2.34. The lowest BCUT2D eigenvalue weighted by atomic mass is 9.80. The molecule has 0 saturated heterocycles. The molecular formula is C13H18FN. The predicted molar refractivity (Wildman–Crippen MR) is 60.4 cm³/mol. The van der Waals surface area contributed by atoms with Gasteiger partial charge in [-0.3, -0.25) is 0 Å². The molecule has 0 atom stereocenters. The zero-order valence-corrected chi connectivity index (χ0v) is 8.95. The summed E-state index contributed by atoms with van der Waals surface area (Å²) in [5.41, 5.74) is 5.86. The van der Waals surface area contributed by atoms with Gasteiger partial charge in [0.05, 0.1) is 0 Å². The molecule has 0 aromatic heterocycles. The number of rotatable bonds is 2. The summed E-state index contributed by atoms with van der Waals surface area (Å²) in [5, 5.41) is 0. The van der Waals surface area contributed by atoms with E-state index in [2.05, 4.69) is 0 Å². The van der Waals surface area contributed by atoms with Crippen molar-refractivity contribution in [1.29, 1.82) is 0 Å². The zero-order chi connectivity index (χ0) is 10.7. The van der Waals surface area contributed by atoms with Gasteiger partial charge in [0.25, 0.3) is 0 Å². The smallest absolute Gasteiger partial charge is 0.115 e. The Hall–Kier alpha value is -0.890. The predicted octanol–water partition coefficient (Wildman–Crippen LogP) is 2.84. The maximum absolute atomic E-state index is 14.4. The van der Waals surface area contributed by atoms with Gasteiger partial charge >= 0.3 is 0 Å². The Morgan fingerprint density at radius 1 is 1.20 bits per heavy atom. The van der Waals surface area contributed by atoms with Crippen LogP contribution in [0.2, 0.25) is 0 Å². The first-order valence-electron chi connectivity index (χ1n) is 5.66. The van der Waals surface area contributed by atoms with Crippen LogP contribution in [0, 0.1) is 0 Å². The van der Waals surface area contributed by atoms with Crippen molar-refractivity contribution in [2.75, 3.05) is 0 Å². The van der Waals surface area contributed by atoms with Crippen LogP contribution in [-0.2, 0) is 6.42 Å². The molecule has 0 spiro atoms. The summed E-state index contributed by atoms with van der Waals surface area (Å²) in [4.78, 5) is 0. The highest BCUT2D eigenvalue weighted by molar-refractivity contribution is 5.17. The molecule has 15 heavy (non-hydrogen) atoms. The summed E-state index contributed by atoms with van der Waals surface area (Å²) >= 11 is 0. The monoisotopic (exact) mass is 207 g/mol. The average Bonchev–Trinajstić information content (AvgIpc) is 2.24. The van der Waals surface area contributed by atoms with Crippen LogP contribution < -0.4 is 5.73 Å². The Kier molecular flexibility index (Phi) is 3.06. The van der Waals surface area contributed by atoms with Gasteiger partial charge in [-0.05, 0) is 31.2 Å². The largest absolute Gasteiger partial charge is 0.328 e. The summed E-state index contributed by atoms with van der Waals surface area (Å²) in [6, 6.07) is 10.1. The van der Waals surface area contributed by atoms with Gasteiger partial charge in [-0.1, -0.05) is 30.3 Å². The van der Waals surface area contributed by atoms with Crippen molar-refractivity contribution in [2.45, 2.75) is 43.8 Å². The van der Waals surface area contributed by atoms with E-state index in [0.29, 0.717) is 19.3 Å². The fraction of sp³-hybridized carbons (Fsp3) is 0.538. The standard InChI is InChI=1S/C13H18FN/c14-13(8-6-12(15)7-9-13)10-11-4-2-1-3-5-11/h1-5,12H,6-10,15H2. The van der Waals surface area contributed by atoms with Gasteiger partial charge in [-0.25, -0.2) is 4.39 Å². The molecular weight excluding hydrogens is 189 g/mol. The molecule has 0 amide bonds. The molecule has 1 nitrogen and oxygen atoms in total. The third-order valence-electron chi connectivity index (χ3n) is 3.29. The van der Waals surface area contributed by atoms with Crippen LogP contribution in [0.25, 0.3) is 0 Å². The maximum Gasteiger partial charge on any atom is 0.115 e. The topological polar surface area (TPSA) is 26.0 Å². The molecule has 1 aliphatic carbocycles. The summed E-state index contributed by atoms with van der Waals surface area (Å²) < 4.78 is 14.4. The van der Waals surface area contributed by atoms with Gasteiger partial charge in [0.2, 0.25) is 0 Å². The van der Waals surface area contributed by atoms with Crippen LogP contribution >= 0.6 is 0 Å². The normalized spacial score (nSPS) is 31.5. The first-order chi connectivity index (χ1) is 7.18. The first kappa shape index (κ1) is 10.6. The number of nitrogens with two attached hydrogens (primary N) is 1. The van der Waals surface area contributed by atoms with E-state index in [1.54, 1.807) is 0 Å². The lowest BCUT2D eigenvalue weighted by molar-refractivity contribution is 0.0995. The molecule has 0 heterocycles. The maximum atomic E-state index is 14.4. The van der Waals surface area contributed by atoms with Gasteiger partial charge in [0, 0.05) is 12.5 Å². The van der Waals surface area contributed by atoms with Crippen LogP contribution in [0.5, 0.6) is 0 Å². The Bertz CT molecular complexity index is 302. The van der Waals surface area contributed by atoms with E-state index in [1.165, 1.54) is 0 Å². The third kappa shape index (κ3) is 2.78. The molecule has 1 fully saturated rings. The van der Waals surface area contributed by atoms with E-state index in [0.717, 1.165) is 18.4 Å². The molecule has 1 saturated carbocycles. The fourth-order valence-electron chi connectivity index (χ4n) is 2.30. The summed E-state index contributed by atoms with van der Waals surface area (Å²) in [7, 11) is 0. The molecule has 2 heteroatoms. The van der Waals surface area contributed by atoms with Crippen LogP contribution in [0.3, 0.4) is 0 Å². The van der Waals surface area contributed by atoms with E-state index in [-0.39, 0.29) is 6.04 Å². The molecule has 0 radical (unpaired) electrons. The highest BCUT2D eigenvalue weighted by Crippen LogP contribution is 2.34. The SMILES string of the molecule is NC1CCC(F)(Cc2ccccc2)CC1. The molecule has 2 N–H and O–H groups in total. The van der Waals surface area contributed by atoms with Crippen LogP contribution in [-0.4, -0.2) is 11.7 Å². The van der Waals surface area contributed by atoms with E-state index < -0.39 is 5.67 Å². The van der Waals surface area contributed by atoms with Crippen molar-refractivity contribution in [1.82, 2.24) is 0 Å². The molecule has 2 rings (SSSR count). The number of halogens is 1.